The maximum Gasteiger partial charge on any atom is 0.337 e. The molecule has 0 bridgehead atoms. The molecule has 0 saturated heterocycles. The molecule has 0 aliphatic carbocycles. The summed E-state index contributed by atoms with van der Waals surface area (Å²) in [6, 6.07) is 12.9. The average Bonchev–Trinajstić information content (AvgIpc) is 3.11. The van der Waals surface area contributed by atoms with Gasteiger partial charge in [-0.25, -0.2) is 14.8 Å². The largest absolute Gasteiger partial charge is 0.465 e. The predicted molar refractivity (Wildman–Crippen MR) is 107 cm³/mol. The summed E-state index contributed by atoms with van der Waals surface area (Å²) in [7, 11) is 1.34. The quantitative estimate of drug-likeness (QED) is 0.291. The lowest BCUT2D eigenvalue weighted by Gasteiger charge is -2.09. The minimum atomic E-state index is -0.433. The first-order valence-corrected chi connectivity index (χ1v) is 9.68. The zero-order valence-corrected chi connectivity index (χ0v) is 16.2. The monoisotopic (exact) mass is 395 g/mol. The molecule has 0 aliphatic heterocycles. The summed E-state index contributed by atoms with van der Waals surface area (Å²) < 4.78 is 11.8. The smallest absolute Gasteiger partial charge is 0.337 e. The first kappa shape index (κ1) is 18.2. The van der Waals surface area contributed by atoms with Crippen LogP contribution in [0.15, 0.2) is 47.6 Å². The van der Waals surface area contributed by atoms with Crippen molar-refractivity contribution in [2.45, 2.75) is 12.1 Å². The van der Waals surface area contributed by atoms with Crippen molar-refractivity contribution in [3.05, 3.63) is 48.0 Å². The molecule has 0 atom stereocenters. The molecule has 8 heteroatoms. The van der Waals surface area contributed by atoms with Crippen molar-refractivity contribution >= 4 is 51.3 Å². The van der Waals surface area contributed by atoms with Crippen molar-refractivity contribution in [3.8, 4) is 0 Å². The highest BCUT2D eigenvalue weighted by Crippen LogP contribution is 2.29. The van der Waals surface area contributed by atoms with E-state index >= 15 is 0 Å². The van der Waals surface area contributed by atoms with Crippen LogP contribution < -0.4 is 0 Å². The van der Waals surface area contributed by atoms with E-state index in [-0.39, 0.29) is 11.7 Å². The number of aromatic nitrogens is 3. The molecule has 4 aromatic rings. The number of esters is 2. The van der Waals surface area contributed by atoms with Gasteiger partial charge in [0.1, 0.15) is 5.65 Å². The van der Waals surface area contributed by atoms with Gasteiger partial charge in [0.05, 0.1) is 41.6 Å². The molecule has 0 unspecified atom stereocenters. The van der Waals surface area contributed by atoms with Gasteiger partial charge in [0.25, 0.3) is 0 Å². The number of nitrogens with zero attached hydrogens (tertiary/aromatic N) is 3. The molecule has 2 heterocycles. The van der Waals surface area contributed by atoms with Crippen molar-refractivity contribution in [2.24, 2.45) is 0 Å². The number of thioether (sulfide) groups is 1. The van der Waals surface area contributed by atoms with E-state index in [2.05, 4.69) is 0 Å². The molecule has 0 N–H and O–H groups in total. The average molecular weight is 395 g/mol. The summed E-state index contributed by atoms with van der Waals surface area (Å²) in [6.45, 7) is 2.10. The van der Waals surface area contributed by atoms with E-state index in [4.69, 9.17) is 19.4 Å². The molecule has 7 nitrogen and oxygen atoms in total. The third-order valence-corrected chi connectivity index (χ3v) is 5.16. The lowest BCUT2D eigenvalue weighted by atomic mass is 10.1. The Bertz CT molecular complexity index is 1220. The third kappa shape index (κ3) is 3.16. The molecule has 0 fully saturated rings. The highest BCUT2D eigenvalue weighted by Gasteiger charge is 2.17. The van der Waals surface area contributed by atoms with Gasteiger partial charge in [-0.2, -0.15) is 0 Å². The van der Waals surface area contributed by atoms with Crippen LogP contribution in [-0.4, -0.2) is 45.8 Å². The minimum Gasteiger partial charge on any atom is -0.465 e. The third-order valence-electron chi connectivity index (χ3n) is 4.25. The van der Waals surface area contributed by atoms with E-state index in [0.717, 1.165) is 16.4 Å². The Balaban J connectivity index is 1.94. The predicted octanol–water partition coefficient (Wildman–Crippen LogP) is 3.48. The van der Waals surface area contributed by atoms with Crippen LogP contribution in [-0.2, 0) is 14.3 Å². The van der Waals surface area contributed by atoms with Crippen molar-refractivity contribution in [1.82, 2.24) is 14.4 Å². The number of para-hydroxylation sites is 2. The van der Waals surface area contributed by atoms with Crippen molar-refractivity contribution < 1.29 is 19.1 Å². The van der Waals surface area contributed by atoms with Crippen molar-refractivity contribution in [1.29, 1.82) is 0 Å². The Kier molecular flexibility index (Phi) is 4.87. The Morgan fingerprint density at radius 3 is 2.71 bits per heavy atom. The SMILES string of the molecule is CCOC(=O)CSc1nc2cc(C(=O)OC)ccc2c2nc3ccccc3n12. The minimum absolute atomic E-state index is 0.130. The summed E-state index contributed by atoms with van der Waals surface area (Å²) in [4.78, 5) is 33.2. The second-order valence-corrected chi connectivity index (χ2v) is 6.91. The number of carbonyl (C=O) groups excluding carboxylic acids is 2. The van der Waals surface area contributed by atoms with E-state index in [1.165, 1.54) is 18.9 Å². The molecular formula is C20H17N3O4S. The maximum absolute atomic E-state index is 11.9. The van der Waals surface area contributed by atoms with E-state index in [1.54, 1.807) is 19.1 Å². The fraction of sp³-hybridized carbons (Fsp3) is 0.200. The number of hydrogen-bond donors (Lipinski definition) is 0. The van der Waals surface area contributed by atoms with Crippen LogP contribution in [0, 0.1) is 0 Å². The van der Waals surface area contributed by atoms with Gasteiger partial charge in [0.2, 0.25) is 0 Å². The zero-order valence-electron chi connectivity index (χ0n) is 15.3. The maximum atomic E-state index is 11.9. The van der Waals surface area contributed by atoms with Gasteiger partial charge in [-0.1, -0.05) is 23.9 Å². The summed E-state index contributed by atoms with van der Waals surface area (Å²) in [6.07, 6.45) is 0. The highest BCUT2D eigenvalue weighted by atomic mass is 32.2. The van der Waals surface area contributed by atoms with E-state index < -0.39 is 5.97 Å². The molecule has 0 amide bonds. The van der Waals surface area contributed by atoms with Gasteiger partial charge in [0.15, 0.2) is 5.16 Å². The molecule has 2 aromatic heterocycles. The molecule has 0 saturated carbocycles. The molecule has 0 radical (unpaired) electrons. The van der Waals surface area contributed by atoms with Crippen LogP contribution in [0.3, 0.4) is 0 Å². The second-order valence-electron chi connectivity index (χ2n) is 5.97. The van der Waals surface area contributed by atoms with Crippen LogP contribution in [0.2, 0.25) is 0 Å². The summed E-state index contributed by atoms with van der Waals surface area (Å²) in [5.41, 5.74) is 3.46. The summed E-state index contributed by atoms with van der Waals surface area (Å²) >= 11 is 1.27. The number of carbonyl (C=O) groups is 2. The first-order chi connectivity index (χ1) is 13.6. The second kappa shape index (κ2) is 7.47. The number of benzene rings is 2. The van der Waals surface area contributed by atoms with Crippen LogP contribution in [0.5, 0.6) is 0 Å². The fourth-order valence-corrected chi connectivity index (χ4v) is 3.84. The van der Waals surface area contributed by atoms with Gasteiger partial charge in [-0.15, -0.1) is 0 Å². The lowest BCUT2D eigenvalue weighted by molar-refractivity contribution is -0.139. The van der Waals surface area contributed by atoms with Gasteiger partial charge >= 0.3 is 11.9 Å². The lowest BCUT2D eigenvalue weighted by Crippen LogP contribution is -2.08. The van der Waals surface area contributed by atoms with Gasteiger partial charge < -0.3 is 9.47 Å². The number of rotatable bonds is 5. The van der Waals surface area contributed by atoms with Crippen LogP contribution in [0.4, 0.5) is 0 Å². The summed E-state index contributed by atoms with van der Waals surface area (Å²) in [5.74, 6) is -0.613. The first-order valence-electron chi connectivity index (χ1n) is 8.70. The number of imidazole rings is 1. The van der Waals surface area contributed by atoms with Crippen LogP contribution in [0.25, 0.3) is 27.6 Å². The fourth-order valence-electron chi connectivity index (χ4n) is 3.03. The molecule has 28 heavy (non-hydrogen) atoms. The van der Waals surface area contributed by atoms with Crippen molar-refractivity contribution in [2.75, 3.05) is 19.5 Å². The van der Waals surface area contributed by atoms with Crippen LogP contribution >= 0.6 is 11.8 Å². The molecular weight excluding hydrogens is 378 g/mol. The molecule has 4 rings (SSSR count). The van der Waals surface area contributed by atoms with Gasteiger partial charge in [0, 0.05) is 5.39 Å². The topological polar surface area (TPSA) is 82.8 Å². The Labute approximate surface area is 164 Å². The number of ether oxygens (including phenoxy) is 2. The van der Waals surface area contributed by atoms with Gasteiger partial charge in [-0.05, 0) is 37.3 Å². The Morgan fingerprint density at radius 2 is 1.93 bits per heavy atom. The van der Waals surface area contributed by atoms with Crippen LogP contribution in [0.1, 0.15) is 17.3 Å². The normalized spacial score (nSPS) is 11.2. The number of methoxy groups -OCH3 is 1. The van der Waals surface area contributed by atoms with E-state index in [0.29, 0.717) is 28.5 Å². The summed E-state index contributed by atoms with van der Waals surface area (Å²) in [5, 5.41) is 1.41. The zero-order chi connectivity index (χ0) is 19.7. The van der Waals surface area contributed by atoms with E-state index in [9.17, 15) is 9.59 Å². The molecule has 0 spiro atoms. The van der Waals surface area contributed by atoms with E-state index in [1.807, 2.05) is 34.7 Å². The molecule has 0 aliphatic rings. The highest BCUT2D eigenvalue weighted by molar-refractivity contribution is 7.99. The number of fused-ring (bicyclic) bond motifs is 5. The van der Waals surface area contributed by atoms with Crippen molar-refractivity contribution in [3.63, 3.8) is 0 Å². The molecule has 2 aromatic carbocycles. The molecule has 142 valence electrons. The van der Waals surface area contributed by atoms with Gasteiger partial charge in [-0.3, -0.25) is 9.20 Å². The Hall–Kier alpha value is -3.13. The standard InChI is InChI=1S/C20H17N3O4S/c1-3-27-17(24)11-28-20-22-15-10-12(19(25)26-2)8-9-13(15)18-21-14-6-4-5-7-16(14)23(18)20/h4-10H,3,11H2,1-2H3. The number of hydrogen-bond acceptors (Lipinski definition) is 7. The Morgan fingerprint density at radius 1 is 1.11 bits per heavy atom.